The Morgan fingerprint density at radius 3 is 2.26 bits per heavy atom. The van der Waals surface area contributed by atoms with E-state index < -0.39 is 0 Å². The van der Waals surface area contributed by atoms with Crippen LogP contribution in [0.15, 0.2) is 46.9 Å². The fourth-order valence-electron chi connectivity index (χ4n) is 2.04. The van der Waals surface area contributed by atoms with E-state index in [2.05, 4.69) is 15.9 Å². The van der Waals surface area contributed by atoms with Crippen LogP contribution in [0.3, 0.4) is 0 Å². The molecule has 0 aromatic heterocycles. The van der Waals surface area contributed by atoms with Crippen LogP contribution in [-0.4, -0.2) is 6.54 Å². The molecule has 0 aliphatic heterocycles. The highest BCUT2D eigenvalue weighted by atomic mass is 79.9. The standard InChI is InChI=1S/C15H14BrF2N/c16-15-6-5-14(18)8-11(15)7-12(9-19)10-1-3-13(17)4-2-10/h1-6,8,12H,7,9,19H2. The van der Waals surface area contributed by atoms with Gasteiger partial charge in [-0.1, -0.05) is 28.1 Å². The van der Waals surface area contributed by atoms with E-state index in [9.17, 15) is 8.78 Å². The fourth-order valence-corrected chi connectivity index (χ4v) is 2.45. The molecule has 19 heavy (non-hydrogen) atoms. The summed E-state index contributed by atoms with van der Waals surface area (Å²) >= 11 is 3.40. The maximum absolute atomic E-state index is 13.3. The largest absolute Gasteiger partial charge is 0.330 e. The van der Waals surface area contributed by atoms with Crippen LogP contribution in [-0.2, 0) is 6.42 Å². The molecule has 1 atom stereocenters. The van der Waals surface area contributed by atoms with Crippen molar-refractivity contribution in [3.8, 4) is 0 Å². The summed E-state index contributed by atoms with van der Waals surface area (Å²) in [5.74, 6) is -0.502. The highest BCUT2D eigenvalue weighted by Crippen LogP contribution is 2.25. The topological polar surface area (TPSA) is 26.0 Å². The van der Waals surface area contributed by atoms with E-state index in [1.165, 1.54) is 24.3 Å². The molecule has 0 saturated heterocycles. The number of benzene rings is 2. The van der Waals surface area contributed by atoms with Crippen molar-refractivity contribution in [1.82, 2.24) is 0 Å². The van der Waals surface area contributed by atoms with E-state index in [-0.39, 0.29) is 17.6 Å². The molecule has 0 fully saturated rings. The quantitative estimate of drug-likeness (QED) is 0.903. The number of rotatable bonds is 4. The molecule has 2 aromatic carbocycles. The van der Waals surface area contributed by atoms with Crippen molar-refractivity contribution in [2.45, 2.75) is 12.3 Å². The Labute approximate surface area is 119 Å². The van der Waals surface area contributed by atoms with Crippen LogP contribution in [0.4, 0.5) is 8.78 Å². The van der Waals surface area contributed by atoms with E-state index in [4.69, 9.17) is 5.73 Å². The average molecular weight is 326 g/mol. The summed E-state index contributed by atoms with van der Waals surface area (Å²) in [4.78, 5) is 0. The molecule has 0 heterocycles. The lowest BCUT2D eigenvalue weighted by atomic mass is 9.92. The summed E-state index contributed by atoms with van der Waals surface area (Å²) in [5, 5.41) is 0. The predicted octanol–water partition coefficient (Wildman–Crippen LogP) is 4.01. The lowest BCUT2D eigenvalue weighted by Crippen LogP contribution is -2.15. The molecular weight excluding hydrogens is 312 g/mol. The molecule has 0 amide bonds. The van der Waals surface area contributed by atoms with Gasteiger partial charge >= 0.3 is 0 Å². The molecule has 0 radical (unpaired) electrons. The van der Waals surface area contributed by atoms with E-state index in [1.54, 1.807) is 18.2 Å². The van der Waals surface area contributed by atoms with Gasteiger partial charge < -0.3 is 5.73 Å². The van der Waals surface area contributed by atoms with Crippen molar-refractivity contribution in [1.29, 1.82) is 0 Å². The van der Waals surface area contributed by atoms with E-state index in [1.807, 2.05) is 0 Å². The minimum atomic E-state index is -0.272. The van der Waals surface area contributed by atoms with Gasteiger partial charge in [0.05, 0.1) is 0 Å². The SMILES string of the molecule is NCC(Cc1cc(F)ccc1Br)c1ccc(F)cc1. The zero-order valence-corrected chi connectivity index (χ0v) is 11.8. The van der Waals surface area contributed by atoms with E-state index in [0.29, 0.717) is 13.0 Å². The van der Waals surface area contributed by atoms with Crippen LogP contribution < -0.4 is 5.73 Å². The van der Waals surface area contributed by atoms with Crippen molar-refractivity contribution in [2.24, 2.45) is 5.73 Å². The number of hydrogen-bond donors (Lipinski definition) is 1. The van der Waals surface area contributed by atoms with Gasteiger partial charge in [0, 0.05) is 10.4 Å². The summed E-state index contributed by atoms with van der Waals surface area (Å²) in [7, 11) is 0. The molecule has 0 saturated carbocycles. The van der Waals surface area contributed by atoms with Gasteiger partial charge in [0.15, 0.2) is 0 Å². The lowest BCUT2D eigenvalue weighted by Gasteiger charge is -2.16. The highest BCUT2D eigenvalue weighted by Gasteiger charge is 2.13. The Hall–Kier alpha value is -1.26. The second-order valence-electron chi connectivity index (χ2n) is 4.42. The van der Waals surface area contributed by atoms with Gasteiger partial charge in [-0.15, -0.1) is 0 Å². The van der Waals surface area contributed by atoms with Gasteiger partial charge in [0.1, 0.15) is 11.6 Å². The highest BCUT2D eigenvalue weighted by molar-refractivity contribution is 9.10. The lowest BCUT2D eigenvalue weighted by molar-refractivity contribution is 0.617. The Bertz CT molecular complexity index is 555. The third-order valence-electron chi connectivity index (χ3n) is 3.10. The summed E-state index contributed by atoms with van der Waals surface area (Å²) in [5.41, 5.74) is 7.60. The monoisotopic (exact) mass is 325 g/mol. The van der Waals surface area contributed by atoms with Crippen LogP contribution in [0.2, 0.25) is 0 Å². The number of nitrogens with two attached hydrogens (primary N) is 1. The van der Waals surface area contributed by atoms with Gasteiger partial charge in [-0.25, -0.2) is 8.78 Å². The summed E-state index contributed by atoms with van der Waals surface area (Å²) < 4.78 is 27.0. The van der Waals surface area contributed by atoms with Gasteiger partial charge in [-0.3, -0.25) is 0 Å². The molecule has 2 N–H and O–H groups in total. The minimum Gasteiger partial charge on any atom is -0.330 e. The predicted molar refractivity (Wildman–Crippen MR) is 76.0 cm³/mol. The van der Waals surface area contributed by atoms with E-state index >= 15 is 0 Å². The Morgan fingerprint density at radius 2 is 1.63 bits per heavy atom. The maximum Gasteiger partial charge on any atom is 0.123 e. The third kappa shape index (κ3) is 3.61. The molecule has 100 valence electrons. The second-order valence-corrected chi connectivity index (χ2v) is 5.28. The Balaban J connectivity index is 2.23. The molecule has 0 aliphatic rings. The van der Waals surface area contributed by atoms with Gasteiger partial charge in [0.25, 0.3) is 0 Å². The molecule has 2 rings (SSSR count). The van der Waals surface area contributed by atoms with Crippen molar-refractivity contribution in [3.05, 3.63) is 69.7 Å². The van der Waals surface area contributed by atoms with Gasteiger partial charge in [-0.05, 0) is 54.4 Å². The third-order valence-corrected chi connectivity index (χ3v) is 3.87. The molecule has 1 nitrogen and oxygen atoms in total. The number of hydrogen-bond acceptors (Lipinski definition) is 1. The molecule has 1 unspecified atom stereocenters. The minimum absolute atomic E-state index is 0.0405. The summed E-state index contributed by atoms with van der Waals surface area (Å²) in [6.07, 6.45) is 0.612. The van der Waals surface area contributed by atoms with Crippen LogP contribution >= 0.6 is 15.9 Å². The van der Waals surface area contributed by atoms with Crippen LogP contribution in [0, 0.1) is 11.6 Å². The first kappa shape index (κ1) is 14.2. The Kier molecular flexibility index (Phi) is 4.66. The summed E-state index contributed by atoms with van der Waals surface area (Å²) in [6, 6.07) is 10.9. The van der Waals surface area contributed by atoms with Crippen molar-refractivity contribution in [2.75, 3.05) is 6.54 Å². The fraction of sp³-hybridized carbons (Fsp3) is 0.200. The second kappa shape index (κ2) is 6.26. The number of halogens is 3. The molecule has 2 aromatic rings. The first-order valence-electron chi connectivity index (χ1n) is 5.99. The van der Waals surface area contributed by atoms with E-state index in [0.717, 1.165) is 15.6 Å². The van der Waals surface area contributed by atoms with Crippen LogP contribution in [0.5, 0.6) is 0 Å². The molecular formula is C15H14BrF2N. The smallest absolute Gasteiger partial charge is 0.123 e. The Morgan fingerprint density at radius 1 is 1.00 bits per heavy atom. The maximum atomic E-state index is 13.3. The van der Waals surface area contributed by atoms with Gasteiger partial charge in [0.2, 0.25) is 0 Å². The zero-order valence-electron chi connectivity index (χ0n) is 10.2. The summed E-state index contributed by atoms with van der Waals surface area (Å²) in [6.45, 7) is 0.425. The molecule has 0 bridgehead atoms. The van der Waals surface area contributed by atoms with Crippen molar-refractivity contribution >= 4 is 15.9 Å². The first-order chi connectivity index (χ1) is 9.10. The van der Waals surface area contributed by atoms with Gasteiger partial charge in [-0.2, -0.15) is 0 Å². The van der Waals surface area contributed by atoms with Crippen molar-refractivity contribution < 1.29 is 8.78 Å². The van der Waals surface area contributed by atoms with Crippen molar-refractivity contribution in [3.63, 3.8) is 0 Å². The average Bonchev–Trinajstić information content (AvgIpc) is 2.41. The van der Waals surface area contributed by atoms with Crippen LogP contribution in [0.25, 0.3) is 0 Å². The molecule has 4 heteroatoms. The zero-order chi connectivity index (χ0) is 13.8. The molecule has 0 aliphatic carbocycles. The van der Waals surface area contributed by atoms with Crippen LogP contribution in [0.1, 0.15) is 17.0 Å². The first-order valence-corrected chi connectivity index (χ1v) is 6.79. The molecule has 0 spiro atoms. The normalized spacial score (nSPS) is 12.4.